The van der Waals surface area contributed by atoms with Gasteiger partial charge < -0.3 is 23.7 Å². The summed E-state index contributed by atoms with van der Waals surface area (Å²) in [7, 11) is 4.87. The smallest absolute Gasteiger partial charge is 0.225 e. The molecule has 8 nitrogen and oxygen atoms in total. The maximum absolute atomic E-state index is 12.8. The molecule has 8 heteroatoms. The van der Waals surface area contributed by atoms with Crippen molar-refractivity contribution >= 4 is 5.91 Å². The third-order valence-corrected chi connectivity index (χ3v) is 5.99. The van der Waals surface area contributed by atoms with Gasteiger partial charge in [-0.1, -0.05) is 12.8 Å². The zero-order valence-corrected chi connectivity index (χ0v) is 17.3. The van der Waals surface area contributed by atoms with E-state index >= 15 is 0 Å². The number of aromatic nitrogens is 3. The monoisotopic (exact) mass is 400 g/mol. The van der Waals surface area contributed by atoms with Crippen LogP contribution in [0.1, 0.15) is 44.0 Å². The van der Waals surface area contributed by atoms with E-state index in [1.165, 1.54) is 0 Å². The fraction of sp³-hybridized carbons (Fsp3) is 0.571. The second kappa shape index (κ2) is 8.41. The first kappa shape index (κ1) is 19.7. The molecule has 0 spiro atoms. The molecule has 1 aromatic heterocycles. The Morgan fingerprint density at radius 1 is 1.07 bits per heavy atom. The van der Waals surface area contributed by atoms with E-state index in [2.05, 4.69) is 14.8 Å². The molecule has 0 bridgehead atoms. The van der Waals surface area contributed by atoms with Crippen molar-refractivity contribution in [2.24, 2.45) is 0 Å². The third-order valence-electron chi connectivity index (χ3n) is 5.99. The van der Waals surface area contributed by atoms with Crippen LogP contribution in [-0.2, 0) is 16.1 Å². The summed E-state index contributed by atoms with van der Waals surface area (Å²) in [5.41, 5.74) is 0.935. The van der Waals surface area contributed by atoms with Crippen molar-refractivity contribution < 1.29 is 19.0 Å². The zero-order valence-electron chi connectivity index (χ0n) is 17.3. The van der Waals surface area contributed by atoms with Crippen molar-refractivity contribution in [2.45, 2.75) is 50.7 Å². The molecule has 1 aliphatic heterocycles. The molecule has 1 aromatic carbocycles. The highest BCUT2D eigenvalue weighted by molar-refractivity contribution is 5.77. The van der Waals surface area contributed by atoms with Crippen molar-refractivity contribution in [2.75, 3.05) is 27.9 Å². The van der Waals surface area contributed by atoms with Gasteiger partial charge in [0.25, 0.3) is 0 Å². The summed E-state index contributed by atoms with van der Waals surface area (Å²) in [6, 6.07) is 6.17. The number of carbonyl (C=O) groups excluding carboxylic acids is 1. The Hall–Kier alpha value is -2.61. The number of hydrogen-bond acceptors (Lipinski definition) is 6. The van der Waals surface area contributed by atoms with Gasteiger partial charge in [0.05, 0.1) is 45.9 Å². The fourth-order valence-corrected chi connectivity index (χ4v) is 4.58. The number of amides is 1. The predicted molar refractivity (Wildman–Crippen MR) is 107 cm³/mol. The Morgan fingerprint density at radius 3 is 2.55 bits per heavy atom. The summed E-state index contributed by atoms with van der Waals surface area (Å²) in [5, 5.41) is 8.95. The Balaban J connectivity index is 1.71. The van der Waals surface area contributed by atoms with Gasteiger partial charge in [0.2, 0.25) is 5.91 Å². The molecule has 1 fully saturated rings. The second-order valence-corrected chi connectivity index (χ2v) is 7.56. The van der Waals surface area contributed by atoms with Crippen LogP contribution in [0.4, 0.5) is 0 Å². The van der Waals surface area contributed by atoms with Crippen molar-refractivity contribution in [3.05, 3.63) is 24.0 Å². The first-order chi connectivity index (χ1) is 14.2. The minimum Gasteiger partial charge on any atom is -0.493 e. The Morgan fingerprint density at radius 2 is 1.83 bits per heavy atom. The van der Waals surface area contributed by atoms with Gasteiger partial charge in [-0.25, -0.2) is 0 Å². The van der Waals surface area contributed by atoms with Crippen molar-refractivity contribution in [3.8, 4) is 22.9 Å². The van der Waals surface area contributed by atoms with Crippen LogP contribution in [0.15, 0.2) is 18.2 Å². The fourth-order valence-electron chi connectivity index (χ4n) is 4.58. The van der Waals surface area contributed by atoms with Gasteiger partial charge in [-0.05, 0) is 31.0 Å². The number of rotatable bonds is 6. The SMILES string of the molecule is COCCC(=O)N1Cc2nnc(-c3ccc(OC)c(OC)c3)n2[C@H]2CCCC[C@H]21. The summed E-state index contributed by atoms with van der Waals surface area (Å²) in [5.74, 6) is 3.13. The normalized spacial score (nSPS) is 20.7. The van der Waals surface area contributed by atoms with E-state index in [4.69, 9.17) is 14.2 Å². The quantitative estimate of drug-likeness (QED) is 0.742. The average molecular weight is 400 g/mol. The molecule has 2 aromatic rings. The lowest BCUT2D eigenvalue weighted by molar-refractivity contribution is -0.138. The lowest BCUT2D eigenvalue weighted by Gasteiger charge is -2.44. The summed E-state index contributed by atoms with van der Waals surface area (Å²) < 4.78 is 18.2. The molecule has 1 amide bonds. The number of carbonyl (C=O) groups is 1. The largest absolute Gasteiger partial charge is 0.493 e. The van der Waals surface area contributed by atoms with E-state index in [0.717, 1.165) is 42.9 Å². The van der Waals surface area contributed by atoms with E-state index in [-0.39, 0.29) is 18.0 Å². The molecule has 0 unspecified atom stereocenters. The highest BCUT2D eigenvalue weighted by atomic mass is 16.5. The van der Waals surface area contributed by atoms with Crippen LogP contribution in [0.3, 0.4) is 0 Å². The molecule has 0 N–H and O–H groups in total. The lowest BCUT2D eigenvalue weighted by atomic mass is 9.87. The van der Waals surface area contributed by atoms with Gasteiger partial charge >= 0.3 is 0 Å². The summed E-state index contributed by atoms with van der Waals surface area (Å²) in [6.07, 6.45) is 4.70. The number of ether oxygens (including phenoxy) is 3. The first-order valence-electron chi connectivity index (χ1n) is 10.1. The Kier molecular flexibility index (Phi) is 5.71. The maximum atomic E-state index is 12.8. The van der Waals surface area contributed by atoms with Gasteiger partial charge in [0.15, 0.2) is 23.1 Å². The van der Waals surface area contributed by atoms with Gasteiger partial charge in [0.1, 0.15) is 0 Å². The molecule has 1 aliphatic carbocycles. The van der Waals surface area contributed by atoms with E-state index in [9.17, 15) is 4.79 Å². The Bertz CT molecular complexity index is 882. The molecular weight excluding hydrogens is 372 g/mol. The van der Waals surface area contributed by atoms with E-state index < -0.39 is 0 Å². The lowest BCUT2D eigenvalue weighted by Crippen LogP contribution is -2.50. The van der Waals surface area contributed by atoms with E-state index in [1.807, 2.05) is 23.1 Å². The van der Waals surface area contributed by atoms with Crippen LogP contribution in [0, 0.1) is 0 Å². The third kappa shape index (κ3) is 3.57. The topological polar surface area (TPSA) is 78.7 Å². The van der Waals surface area contributed by atoms with Gasteiger partial charge in [0, 0.05) is 12.7 Å². The maximum Gasteiger partial charge on any atom is 0.225 e. The minimum absolute atomic E-state index is 0.130. The molecule has 0 radical (unpaired) electrons. The van der Waals surface area contributed by atoms with Crippen LogP contribution < -0.4 is 9.47 Å². The molecule has 2 atom stereocenters. The van der Waals surface area contributed by atoms with Gasteiger partial charge in [-0.15, -0.1) is 10.2 Å². The molecule has 156 valence electrons. The second-order valence-electron chi connectivity index (χ2n) is 7.56. The number of fused-ring (bicyclic) bond motifs is 3. The summed E-state index contributed by atoms with van der Waals surface area (Å²) in [6.45, 7) is 0.931. The molecule has 4 rings (SSSR count). The van der Waals surface area contributed by atoms with Crippen molar-refractivity contribution in [1.29, 1.82) is 0 Å². The zero-order chi connectivity index (χ0) is 20.4. The van der Waals surface area contributed by atoms with Crippen LogP contribution >= 0.6 is 0 Å². The van der Waals surface area contributed by atoms with Gasteiger partial charge in [-0.2, -0.15) is 0 Å². The highest BCUT2D eigenvalue weighted by Crippen LogP contribution is 2.41. The van der Waals surface area contributed by atoms with Crippen LogP contribution in [0.2, 0.25) is 0 Å². The molecule has 2 aliphatic rings. The summed E-state index contributed by atoms with van der Waals surface area (Å²) in [4.78, 5) is 14.8. The minimum atomic E-state index is 0.130. The van der Waals surface area contributed by atoms with Crippen LogP contribution in [-0.4, -0.2) is 59.5 Å². The molecular formula is C21H28N4O4. The molecule has 29 heavy (non-hydrogen) atoms. The number of nitrogens with zero attached hydrogens (tertiary/aromatic N) is 4. The molecule has 2 heterocycles. The average Bonchev–Trinajstić information content (AvgIpc) is 3.20. The molecule has 0 saturated heterocycles. The van der Waals surface area contributed by atoms with Crippen molar-refractivity contribution in [1.82, 2.24) is 19.7 Å². The first-order valence-corrected chi connectivity index (χ1v) is 10.1. The standard InChI is InChI=1S/C21H28N4O4/c1-27-11-10-20(26)24-13-19-22-23-21(25(19)16-7-5-4-6-15(16)24)14-8-9-17(28-2)18(12-14)29-3/h8-9,12,15-16H,4-7,10-11,13H2,1-3H3/t15-,16+/m1/s1. The predicted octanol–water partition coefficient (Wildman–Crippen LogP) is 2.82. The van der Waals surface area contributed by atoms with Gasteiger partial charge in [-0.3, -0.25) is 4.79 Å². The van der Waals surface area contributed by atoms with Crippen LogP contribution in [0.25, 0.3) is 11.4 Å². The Labute approximate surface area is 170 Å². The number of hydrogen-bond donors (Lipinski definition) is 0. The highest BCUT2D eigenvalue weighted by Gasteiger charge is 2.41. The van der Waals surface area contributed by atoms with Crippen molar-refractivity contribution in [3.63, 3.8) is 0 Å². The van der Waals surface area contributed by atoms with Crippen LogP contribution in [0.5, 0.6) is 11.5 Å². The van der Waals surface area contributed by atoms with E-state index in [1.54, 1.807) is 21.3 Å². The molecule has 1 saturated carbocycles. The summed E-state index contributed by atoms with van der Waals surface area (Å²) >= 11 is 0. The van der Waals surface area contributed by atoms with E-state index in [0.29, 0.717) is 31.1 Å². The number of methoxy groups -OCH3 is 3. The number of benzene rings is 1.